The first-order valence-corrected chi connectivity index (χ1v) is 7.72. The second-order valence-electron chi connectivity index (χ2n) is 5.79. The lowest BCUT2D eigenvalue weighted by Crippen LogP contribution is -2.26. The Kier molecular flexibility index (Phi) is 5.65. The van der Waals surface area contributed by atoms with Crippen LogP contribution in [-0.4, -0.2) is 6.04 Å². The SMILES string of the molecule is NC(Cc1cc(Cl)ccc1F)CC1CCCCCC1. The van der Waals surface area contributed by atoms with E-state index in [4.69, 9.17) is 17.3 Å². The molecule has 0 radical (unpaired) electrons. The van der Waals surface area contributed by atoms with Crippen LogP contribution in [0.1, 0.15) is 50.5 Å². The quantitative estimate of drug-likeness (QED) is 0.796. The Bertz CT molecular complexity index is 400. The van der Waals surface area contributed by atoms with Gasteiger partial charge in [0, 0.05) is 11.1 Å². The van der Waals surface area contributed by atoms with Crippen molar-refractivity contribution in [3.63, 3.8) is 0 Å². The van der Waals surface area contributed by atoms with Gasteiger partial charge in [-0.2, -0.15) is 0 Å². The molecule has 1 aromatic carbocycles. The molecular formula is C16H23ClFN. The average molecular weight is 284 g/mol. The third-order valence-electron chi connectivity index (χ3n) is 4.10. The minimum atomic E-state index is -0.194. The van der Waals surface area contributed by atoms with E-state index in [1.807, 2.05) is 0 Å². The van der Waals surface area contributed by atoms with Crippen molar-refractivity contribution in [2.24, 2.45) is 11.7 Å². The van der Waals surface area contributed by atoms with Crippen LogP contribution >= 0.6 is 11.6 Å². The van der Waals surface area contributed by atoms with E-state index in [9.17, 15) is 4.39 Å². The third-order valence-corrected chi connectivity index (χ3v) is 4.34. The molecule has 1 nitrogen and oxygen atoms in total. The highest BCUT2D eigenvalue weighted by molar-refractivity contribution is 6.30. The normalized spacial score (nSPS) is 19.1. The molecule has 1 saturated carbocycles. The Morgan fingerprint density at radius 3 is 2.58 bits per heavy atom. The fourth-order valence-corrected chi connectivity index (χ4v) is 3.29. The first-order valence-electron chi connectivity index (χ1n) is 7.34. The highest BCUT2D eigenvalue weighted by Crippen LogP contribution is 2.27. The summed E-state index contributed by atoms with van der Waals surface area (Å²) in [7, 11) is 0. The van der Waals surface area contributed by atoms with Gasteiger partial charge in [0.25, 0.3) is 0 Å². The lowest BCUT2D eigenvalue weighted by atomic mass is 9.90. The number of hydrogen-bond acceptors (Lipinski definition) is 1. The van der Waals surface area contributed by atoms with Gasteiger partial charge < -0.3 is 5.73 Å². The largest absolute Gasteiger partial charge is 0.327 e. The zero-order valence-electron chi connectivity index (χ0n) is 11.4. The minimum absolute atomic E-state index is 0.0380. The fraction of sp³-hybridized carbons (Fsp3) is 0.625. The first-order chi connectivity index (χ1) is 9.15. The molecule has 1 aliphatic rings. The summed E-state index contributed by atoms with van der Waals surface area (Å²) in [6.45, 7) is 0. The van der Waals surface area contributed by atoms with Gasteiger partial charge in [-0.1, -0.05) is 50.1 Å². The van der Waals surface area contributed by atoms with E-state index in [-0.39, 0.29) is 11.9 Å². The van der Waals surface area contributed by atoms with Crippen LogP contribution in [0.2, 0.25) is 5.02 Å². The van der Waals surface area contributed by atoms with Crippen molar-refractivity contribution < 1.29 is 4.39 Å². The maximum atomic E-state index is 13.7. The van der Waals surface area contributed by atoms with Crippen LogP contribution in [0.5, 0.6) is 0 Å². The van der Waals surface area contributed by atoms with Crippen LogP contribution in [0.3, 0.4) is 0 Å². The maximum Gasteiger partial charge on any atom is 0.126 e. The Morgan fingerprint density at radius 1 is 1.21 bits per heavy atom. The molecule has 0 aromatic heterocycles. The van der Waals surface area contributed by atoms with Crippen LogP contribution < -0.4 is 5.73 Å². The summed E-state index contributed by atoms with van der Waals surface area (Å²) in [5.74, 6) is 0.528. The van der Waals surface area contributed by atoms with Gasteiger partial charge in [0.2, 0.25) is 0 Å². The van der Waals surface area contributed by atoms with E-state index >= 15 is 0 Å². The van der Waals surface area contributed by atoms with Gasteiger partial charge in [-0.05, 0) is 42.5 Å². The van der Waals surface area contributed by atoms with Gasteiger partial charge in [0.05, 0.1) is 0 Å². The summed E-state index contributed by atoms with van der Waals surface area (Å²) in [6, 6.07) is 4.74. The molecular weight excluding hydrogens is 261 g/mol. The number of hydrogen-bond donors (Lipinski definition) is 1. The van der Waals surface area contributed by atoms with Crippen LogP contribution in [-0.2, 0) is 6.42 Å². The molecule has 1 aliphatic carbocycles. The minimum Gasteiger partial charge on any atom is -0.327 e. The molecule has 19 heavy (non-hydrogen) atoms. The molecule has 1 fully saturated rings. The van der Waals surface area contributed by atoms with Crippen molar-refractivity contribution in [3.8, 4) is 0 Å². The predicted octanol–water partition coefficient (Wildman–Crippen LogP) is 4.71. The van der Waals surface area contributed by atoms with E-state index in [1.54, 1.807) is 12.1 Å². The summed E-state index contributed by atoms with van der Waals surface area (Å²) < 4.78 is 13.7. The summed E-state index contributed by atoms with van der Waals surface area (Å²) in [5.41, 5.74) is 6.84. The van der Waals surface area contributed by atoms with E-state index in [0.29, 0.717) is 17.0 Å². The van der Waals surface area contributed by atoms with Crippen LogP contribution in [0, 0.1) is 11.7 Å². The molecule has 0 bridgehead atoms. The highest BCUT2D eigenvalue weighted by Gasteiger charge is 2.17. The molecule has 0 spiro atoms. The van der Waals surface area contributed by atoms with E-state index in [0.717, 1.165) is 12.3 Å². The van der Waals surface area contributed by atoms with Gasteiger partial charge >= 0.3 is 0 Å². The summed E-state index contributed by atoms with van der Waals surface area (Å²) >= 11 is 5.91. The monoisotopic (exact) mass is 283 g/mol. The number of nitrogens with two attached hydrogens (primary N) is 1. The topological polar surface area (TPSA) is 26.0 Å². The van der Waals surface area contributed by atoms with Gasteiger partial charge in [-0.15, -0.1) is 0 Å². The first kappa shape index (κ1) is 14.8. The van der Waals surface area contributed by atoms with Crippen molar-refractivity contribution >= 4 is 11.6 Å². The molecule has 0 amide bonds. The molecule has 0 aliphatic heterocycles. The fourth-order valence-electron chi connectivity index (χ4n) is 3.09. The average Bonchev–Trinajstić information content (AvgIpc) is 2.62. The van der Waals surface area contributed by atoms with Crippen molar-refractivity contribution in [2.45, 2.75) is 57.4 Å². The van der Waals surface area contributed by atoms with Crippen molar-refractivity contribution in [1.29, 1.82) is 0 Å². The molecule has 2 N–H and O–H groups in total. The Labute approximate surface area is 120 Å². The van der Waals surface area contributed by atoms with Crippen molar-refractivity contribution in [3.05, 3.63) is 34.6 Å². The lowest BCUT2D eigenvalue weighted by Gasteiger charge is -2.19. The smallest absolute Gasteiger partial charge is 0.126 e. The van der Waals surface area contributed by atoms with Gasteiger partial charge in [-0.3, -0.25) is 0 Å². The zero-order valence-corrected chi connectivity index (χ0v) is 12.1. The van der Waals surface area contributed by atoms with Crippen molar-refractivity contribution in [2.75, 3.05) is 0 Å². The molecule has 0 heterocycles. The highest BCUT2D eigenvalue weighted by atomic mass is 35.5. The Morgan fingerprint density at radius 2 is 1.89 bits per heavy atom. The molecule has 2 rings (SSSR count). The number of halogens is 2. The van der Waals surface area contributed by atoms with E-state index < -0.39 is 0 Å². The lowest BCUT2D eigenvalue weighted by molar-refractivity contribution is 0.385. The van der Waals surface area contributed by atoms with E-state index in [1.165, 1.54) is 44.6 Å². The van der Waals surface area contributed by atoms with Gasteiger partial charge in [0.1, 0.15) is 5.82 Å². The molecule has 106 valence electrons. The predicted molar refractivity (Wildman–Crippen MR) is 78.9 cm³/mol. The van der Waals surface area contributed by atoms with Crippen LogP contribution in [0.15, 0.2) is 18.2 Å². The molecule has 1 unspecified atom stereocenters. The van der Waals surface area contributed by atoms with Crippen LogP contribution in [0.4, 0.5) is 4.39 Å². The Hall–Kier alpha value is -0.600. The standard InChI is InChI=1S/C16H23ClFN/c17-14-7-8-16(18)13(10-14)11-15(19)9-12-5-3-1-2-4-6-12/h7-8,10,12,15H,1-6,9,11,19H2. The molecule has 3 heteroatoms. The summed E-state index contributed by atoms with van der Waals surface area (Å²) in [6.07, 6.45) is 9.52. The van der Waals surface area contributed by atoms with Crippen molar-refractivity contribution in [1.82, 2.24) is 0 Å². The van der Waals surface area contributed by atoms with Gasteiger partial charge in [-0.25, -0.2) is 4.39 Å². The second kappa shape index (κ2) is 7.25. The van der Waals surface area contributed by atoms with Gasteiger partial charge in [0.15, 0.2) is 0 Å². The number of rotatable bonds is 4. The van der Waals surface area contributed by atoms with Crippen LogP contribution in [0.25, 0.3) is 0 Å². The summed E-state index contributed by atoms with van der Waals surface area (Å²) in [4.78, 5) is 0. The summed E-state index contributed by atoms with van der Waals surface area (Å²) in [5, 5.41) is 0.582. The molecule has 1 aromatic rings. The second-order valence-corrected chi connectivity index (χ2v) is 6.23. The molecule has 0 saturated heterocycles. The third kappa shape index (κ3) is 4.77. The maximum absolute atomic E-state index is 13.7. The zero-order chi connectivity index (χ0) is 13.7. The molecule has 1 atom stereocenters. The Balaban J connectivity index is 1.89. The number of benzene rings is 1. The van der Waals surface area contributed by atoms with E-state index in [2.05, 4.69) is 0 Å².